The van der Waals surface area contributed by atoms with Crippen LogP contribution in [0.5, 0.6) is 0 Å². The Kier molecular flexibility index (Phi) is 4.91. The fraction of sp³-hybridized carbons (Fsp3) is 0.167. The van der Waals surface area contributed by atoms with Gasteiger partial charge in [0, 0.05) is 19.9 Å². The molecule has 7 heteroatoms. The van der Waals surface area contributed by atoms with Gasteiger partial charge in [-0.25, -0.2) is 4.98 Å². The highest BCUT2D eigenvalue weighted by atomic mass is 127. The second-order valence-electron chi connectivity index (χ2n) is 3.82. The van der Waals surface area contributed by atoms with E-state index in [9.17, 15) is 4.79 Å². The number of hydrogen-bond acceptors (Lipinski definition) is 3. The third-order valence-electron chi connectivity index (χ3n) is 2.30. The predicted molar refractivity (Wildman–Crippen MR) is 87.1 cm³/mol. The van der Waals surface area contributed by atoms with Crippen molar-refractivity contribution < 1.29 is 9.90 Å². The van der Waals surface area contributed by atoms with E-state index in [0.29, 0.717) is 5.16 Å². The van der Waals surface area contributed by atoms with Crippen LogP contribution in [0.25, 0.3) is 5.69 Å². The van der Waals surface area contributed by atoms with Gasteiger partial charge in [-0.2, -0.15) is 0 Å². The monoisotopic (exact) mass is 452 g/mol. The Morgan fingerprint density at radius 1 is 1.58 bits per heavy atom. The number of nitrogens with zero attached hydrogens (tertiary/aromatic N) is 2. The number of thioether (sulfide) groups is 1. The van der Waals surface area contributed by atoms with Crippen LogP contribution in [0, 0.1) is 10.5 Å². The summed E-state index contributed by atoms with van der Waals surface area (Å²) in [5.41, 5.74) is 1.82. The van der Waals surface area contributed by atoms with Crippen LogP contribution in [0.2, 0.25) is 0 Å². The van der Waals surface area contributed by atoms with Crippen molar-refractivity contribution >= 4 is 56.3 Å². The minimum absolute atomic E-state index is 0.00198. The number of aliphatic carboxylic acids is 1. The fourth-order valence-corrected chi connectivity index (χ4v) is 2.98. The number of aromatic nitrogens is 2. The van der Waals surface area contributed by atoms with Gasteiger partial charge >= 0.3 is 5.97 Å². The molecule has 0 amide bonds. The second-order valence-corrected chi connectivity index (χ2v) is 6.77. The van der Waals surface area contributed by atoms with E-state index in [4.69, 9.17) is 5.11 Å². The molecule has 0 saturated carbocycles. The SMILES string of the molecule is Cc1cn(-c2ccc(I)c(Br)c2)c(SCC(=O)O)n1. The third-order valence-corrected chi connectivity index (χ3v) is 5.58. The average Bonchev–Trinajstić information content (AvgIpc) is 2.71. The molecule has 0 spiro atoms. The number of halogens is 2. The number of carboxylic acid groups (broad SMARTS) is 1. The van der Waals surface area contributed by atoms with E-state index in [0.717, 1.165) is 19.4 Å². The van der Waals surface area contributed by atoms with Gasteiger partial charge in [0.05, 0.1) is 11.4 Å². The molecule has 0 aliphatic carbocycles. The van der Waals surface area contributed by atoms with Crippen LogP contribution < -0.4 is 0 Å². The van der Waals surface area contributed by atoms with Crippen LogP contribution in [0.3, 0.4) is 0 Å². The summed E-state index contributed by atoms with van der Waals surface area (Å²) in [6.07, 6.45) is 1.90. The van der Waals surface area contributed by atoms with Crippen LogP contribution in [0.1, 0.15) is 5.69 Å². The molecule has 2 aromatic rings. The molecule has 100 valence electrons. The Labute approximate surface area is 136 Å². The zero-order valence-electron chi connectivity index (χ0n) is 9.93. The Bertz CT molecular complexity index is 630. The maximum absolute atomic E-state index is 10.7. The molecular formula is C12H10BrIN2O2S. The first-order chi connectivity index (χ1) is 8.97. The number of benzene rings is 1. The van der Waals surface area contributed by atoms with Crippen LogP contribution in [-0.2, 0) is 4.79 Å². The smallest absolute Gasteiger partial charge is 0.313 e. The van der Waals surface area contributed by atoms with Crippen molar-refractivity contribution in [3.05, 3.63) is 38.1 Å². The molecule has 0 unspecified atom stereocenters. The van der Waals surface area contributed by atoms with Crippen molar-refractivity contribution in [2.24, 2.45) is 0 Å². The first kappa shape index (κ1) is 14.9. The summed E-state index contributed by atoms with van der Waals surface area (Å²) in [7, 11) is 0. The standard InChI is InChI=1S/C12H10BrIN2O2S/c1-7-5-16(12(15-7)19-6-11(17)18)8-2-3-10(14)9(13)4-8/h2-5H,6H2,1H3,(H,17,18). The molecule has 1 N–H and O–H groups in total. The van der Waals surface area contributed by atoms with Crippen LogP contribution >= 0.6 is 50.3 Å². The lowest BCUT2D eigenvalue weighted by Gasteiger charge is -2.07. The van der Waals surface area contributed by atoms with Crippen molar-refractivity contribution in [1.82, 2.24) is 9.55 Å². The predicted octanol–water partition coefficient (Wildman–Crippen LogP) is 3.72. The van der Waals surface area contributed by atoms with Crippen molar-refractivity contribution in [2.45, 2.75) is 12.1 Å². The van der Waals surface area contributed by atoms with Crippen molar-refractivity contribution in [2.75, 3.05) is 5.75 Å². The van der Waals surface area contributed by atoms with Gasteiger partial charge in [0.2, 0.25) is 0 Å². The highest BCUT2D eigenvalue weighted by Gasteiger charge is 2.11. The molecule has 1 heterocycles. The van der Waals surface area contributed by atoms with Gasteiger partial charge in [-0.15, -0.1) is 0 Å². The summed E-state index contributed by atoms with van der Waals surface area (Å²) < 4.78 is 4.04. The molecule has 0 fully saturated rings. The van der Waals surface area contributed by atoms with Crippen LogP contribution in [-0.4, -0.2) is 26.4 Å². The van der Waals surface area contributed by atoms with Crippen molar-refractivity contribution in [1.29, 1.82) is 0 Å². The van der Waals surface area contributed by atoms with Crippen LogP contribution in [0.15, 0.2) is 34.0 Å². The Hall–Kier alpha value is -0.540. The maximum Gasteiger partial charge on any atom is 0.313 e. The third kappa shape index (κ3) is 3.73. The lowest BCUT2D eigenvalue weighted by Crippen LogP contribution is -2.01. The maximum atomic E-state index is 10.7. The lowest BCUT2D eigenvalue weighted by atomic mass is 10.3. The van der Waals surface area contributed by atoms with E-state index in [1.165, 1.54) is 11.8 Å². The molecule has 1 aromatic carbocycles. The number of aryl methyl sites for hydroxylation is 1. The summed E-state index contributed by atoms with van der Waals surface area (Å²) in [5.74, 6) is -0.844. The largest absolute Gasteiger partial charge is 0.481 e. The quantitative estimate of drug-likeness (QED) is 0.567. The number of rotatable bonds is 4. The van der Waals surface area contributed by atoms with E-state index < -0.39 is 5.97 Å². The molecular weight excluding hydrogens is 443 g/mol. The summed E-state index contributed by atoms with van der Waals surface area (Å²) >= 11 is 6.96. The van der Waals surface area contributed by atoms with Gasteiger partial charge in [0.25, 0.3) is 0 Å². The average molecular weight is 453 g/mol. The lowest BCUT2D eigenvalue weighted by molar-refractivity contribution is -0.133. The topological polar surface area (TPSA) is 55.1 Å². The highest BCUT2D eigenvalue weighted by molar-refractivity contribution is 14.1. The van der Waals surface area contributed by atoms with Gasteiger partial charge in [-0.3, -0.25) is 9.36 Å². The van der Waals surface area contributed by atoms with Crippen LogP contribution in [0.4, 0.5) is 0 Å². The van der Waals surface area contributed by atoms with Crippen molar-refractivity contribution in [3.8, 4) is 5.69 Å². The zero-order chi connectivity index (χ0) is 14.0. The first-order valence-electron chi connectivity index (χ1n) is 5.33. The summed E-state index contributed by atoms with van der Waals surface area (Å²) in [5, 5.41) is 9.45. The summed E-state index contributed by atoms with van der Waals surface area (Å²) in [4.78, 5) is 15.0. The molecule has 0 radical (unpaired) electrons. The van der Waals surface area contributed by atoms with Gasteiger partial charge in [-0.1, -0.05) is 11.8 Å². The molecule has 1 aromatic heterocycles. The van der Waals surface area contributed by atoms with Gasteiger partial charge < -0.3 is 5.11 Å². The van der Waals surface area contributed by atoms with E-state index in [2.05, 4.69) is 43.5 Å². The molecule has 2 rings (SSSR count). The van der Waals surface area contributed by atoms with Crippen molar-refractivity contribution in [3.63, 3.8) is 0 Å². The van der Waals surface area contributed by atoms with Gasteiger partial charge in [-0.05, 0) is 63.6 Å². The molecule has 4 nitrogen and oxygen atoms in total. The molecule has 0 saturated heterocycles. The summed E-state index contributed by atoms with van der Waals surface area (Å²) in [6, 6.07) is 5.98. The summed E-state index contributed by atoms with van der Waals surface area (Å²) in [6.45, 7) is 1.89. The Balaban J connectivity index is 2.37. The second kappa shape index (κ2) is 6.27. The van der Waals surface area contributed by atoms with E-state index in [1.54, 1.807) is 0 Å². The van der Waals surface area contributed by atoms with E-state index in [1.807, 2.05) is 35.9 Å². The number of imidazole rings is 1. The number of hydrogen-bond donors (Lipinski definition) is 1. The Morgan fingerprint density at radius 2 is 2.32 bits per heavy atom. The molecule has 0 bridgehead atoms. The molecule has 0 aliphatic rings. The Morgan fingerprint density at radius 3 is 2.95 bits per heavy atom. The minimum Gasteiger partial charge on any atom is -0.481 e. The van der Waals surface area contributed by atoms with Gasteiger partial charge in [0.15, 0.2) is 5.16 Å². The zero-order valence-corrected chi connectivity index (χ0v) is 14.5. The normalized spacial score (nSPS) is 10.7. The number of carbonyl (C=O) groups is 1. The van der Waals surface area contributed by atoms with E-state index >= 15 is 0 Å². The van der Waals surface area contributed by atoms with Gasteiger partial charge in [0.1, 0.15) is 0 Å². The first-order valence-corrected chi connectivity index (χ1v) is 8.19. The van der Waals surface area contributed by atoms with E-state index in [-0.39, 0.29) is 5.75 Å². The number of carboxylic acids is 1. The molecule has 19 heavy (non-hydrogen) atoms. The highest BCUT2D eigenvalue weighted by Crippen LogP contribution is 2.26. The minimum atomic E-state index is -0.846. The molecule has 0 atom stereocenters. The fourth-order valence-electron chi connectivity index (χ4n) is 1.52. The molecule has 0 aliphatic heterocycles.